The Morgan fingerprint density at radius 1 is 1.53 bits per heavy atom. The standard InChI is InChI=1S/C12H13N3O3S/c1-8-7-19-11(14-8)5-13-10(16)6-15-4-2-3-9(15)12(17)18/h2-4,7H,5-6H2,1H3,(H,13,16)(H,17,18). The molecule has 0 bridgehead atoms. The summed E-state index contributed by atoms with van der Waals surface area (Å²) in [5, 5.41) is 14.4. The number of thiazole rings is 1. The van der Waals surface area contributed by atoms with Crippen LogP contribution in [0.15, 0.2) is 23.7 Å². The first-order valence-electron chi connectivity index (χ1n) is 5.62. The van der Waals surface area contributed by atoms with Crippen molar-refractivity contribution in [3.05, 3.63) is 40.1 Å². The molecule has 7 heteroatoms. The number of aromatic carboxylic acids is 1. The van der Waals surface area contributed by atoms with E-state index >= 15 is 0 Å². The van der Waals surface area contributed by atoms with Gasteiger partial charge in [0.2, 0.25) is 5.91 Å². The van der Waals surface area contributed by atoms with Gasteiger partial charge in [0.15, 0.2) is 0 Å². The fourth-order valence-corrected chi connectivity index (χ4v) is 2.33. The molecule has 2 aromatic heterocycles. The molecular weight excluding hydrogens is 266 g/mol. The summed E-state index contributed by atoms with van der Waals surface area (Å²) in [4.78, 5) is 26.8. The molecule has 19 heavy (non-hydrogen) atoms. The predicted molar refractivity (Wildman–Crippen MR) is 70.1 cm³/mol. The first kappa shape index (κ1) is 13.3. The number of aryl methyl sites for hydroxylation is 1. The molecule has 0 radical (unpaired) electrons. The summed E-state index contributed by atoms with van der Waals surface area (Å²) in [6.07, 6.45) is 1.57. The fraction of sp³-hybridized carbons (Fsp3) is 0.250. The highest BCUT2D eigenvalue weighted by atomic mass is 32.1. The Hall–Kier alpha value is -2.15. The van der Waals surface area contributed by atoms with Crippen molar-refractivity contribution in [1.82, 2.24) is 14.9 Å². The second kappa shape index (κ2) is 5.66. The number of nitrogens with one attached hydrogen (secondary N) is 1. The SMILES string of the molecule is Cc1csc(CNC(=O)Cn2cccc2C(=O)O)n1. The largest absolute Gasteiger partial charge is 0.477 e. The Bertz CT molecular complexity index is 603. The molecule has 0 fully saturated rings. The second-order valence-corrected chi connectivity index (χ2v) is 4.93. The maximum Gasteiger partial charge on any atom is 0.352 e. The number of carbonyl (C=O) groups excluding carboxylic acids is 1. The van der Waals surface area contributed by atoms with Gasteiger partial charge >= 0.3 is 5.97 Å². The maximum absolute atomic E-state index is 11.7. The fourth-order valence-electron chi connectivity index (χ4n) is 1.61. The van der Waals surface area contributed by atoms with E-state index in [9.17, 15) is 9.59 Å². The molecule has 0 aliphatic carbocycles. The van der Waals surface area contributed by atoms with E-state index in [1.807, 2.05) is 12.3 Å². The third-order valence-corrected chi connectivity index (χ3v) is 3.43. The van der Waals surface area contributed by atoms with Crippen LogP contribution in [0.4, 0.5) is 0 Å². The first-order chi connectivity index (χ1) is 9.06. The van der Waals surface area contributed by atoms with Gasteiger partial charge in [-0.2, -0.15) is 0 Å². The molecule has 2 heterocycles. The molecule has 2 rings (SSSR count). The molecule has 0 saturated carbocycles. The monoisotopic (exact) mass is 279 g/mol. The third kappa shape index (κ3) is 3.41. The molecule has 0 unspecified atom stereocenters. The van der Waals surface area contributed by atoms with Gasteiger partial charge in [0.05, 0.1) is 6.54 Å². The number of aromatic nitrogens is 2. The van der Waals surface area contributed by atoms with Crippen LogP contribution in [-0.2, 0) is 17.9 Å². The van der Waals surface area contributed by atoms with Crippen LogP contribution in [0.2, 0.25) is 0 Å². The van der Waals surface area contributed by atoms with Crippen LogP contribution < -0.4 is 5.32 Å². The quantitative estimate of drug-likeness (QED) is 0.863. The summed E-state index contributed by atoms with van der Waals surface area (Å²) in [5.74, 6) is -1.29. The van der Waals surface area contributed by atoms with Crippen molar-refractivity contribution in [2.75, 3.05) is 0 Å². The van der Waals surface area contributed by atoms with Crippen LogP contribution in [0, 0.1) is 6.92 Å². The third-order valence-electron chi connectivity index (χ3n) is 2.47. The van der Waals surface area contributed by atoms with Gasteiger partial charge < -0.3 is 15.0 Å². The van der Waals surface area contributed by atoms with Crippen molar-refractivity contribution in [2.24, 2.45) is 0 Å². The molecule has 0 spiro atoms. The van der Waals surface area contributed by atoms with Crippen LogP contribution in [0.3, 0.4) is 0 Å². The number of amides is 1. The highest BCUT2D eigenvalue weighted by Crippen LogP contribution is 2.08. The summed E-state index contributed by atoms with van der Waals surface area (Å²) in [6.45, 7) is 2.24. The summed E-state index contributed by atoms with van der Waals surface area (Å²) < 4.78 is 1.39. The molecule has 0 aromatic carbocycles. The van der Waals surface area contributed by atoms with Crippen LogP contribution in [0.5, 0.6) is 0 Å². The van der Waals surface area contributed by atoms with E-state index < -0.39 is 5.97 Å². The van der Waals surface area contributed by atoms with Crippen molar-refractivity contribution in [3.8, 4) is 0 Å². The summed E-state index contributed by atoms with van der Waals surface area (Å²) >= 11 is 1.48. The van der Waals surface area contributed by atoms with E-state index in [1.54, 1.807) is 12.3 Å². The highest BCUT2D eigenvalue weighted by molar-refractivity contribution is 7.09. The van der Waals surface area contributed by atoms with Gasteiger partial charge in [-0.05, 0) is 19.1 Å². The van der Waals surface area contributed by atoms with E-state index in [1.165, 1.54) is 22.0 Å². The molecule has 2 aromatic rings. The Labute approximate surface area is 113 Å². The predicted octanol–water partition coefficient (Wildman–Crippen LogP) is 1.27. The molecule has 0 atom stereocenters. The number of hydrogen-bond acceptors (Lipinski definition) is 4. The topological polar surface area (TPSA) is 84.2 Å². The van der Waals surface area contributed by atoms with Crippen molar-refractivity contribution >= 4 is 23.2 Å². The van der Waals surface area contributed by atoms with E-state index in [-0.39, 0.29) is 18.1 Å². The zero-order valence-electron chi connectivity index (χ0n) is 10.3. The molecular formula is C12H13N3O3S. The van der Waals surface area contributed by atoms with Crippen LogP contribution in [-0.4, -0.2) is 26.5 Å². The molecule has 100 valence electrons. The molecule has 0 saturated heterocycles. The van der Waals surface area contributed by atoms with Gasteiger partial charge in [-0.1, -0.05) is 0 Å². The summed E-state index contributed by atoms with van der Waals surface area (Å²) in [6, 6.07) is 3.06. The Kier molecular flexibility index (Phi) is 3.96. The molecule has 0 aliphatic heterocycles. The number of nitrogens with zero attached hydrogens (tertiary/aromatic N) is 2. The van der Waals surface area contributed by atoms with Crippen molar-refractivity contribution in [2.45, 2.75) is 20.0 Å². The molecule has 1 amide bonds. The minimum Gasteiger partial charge on any atom is -0.477 e. The summed E-state index contributed by atoms with van der Waals surface area (Å²) in [5.41, 5.74) is 1.02. The molecule has 0 aliphatic rings. The minimum atomic E-state index is -1.05. The van der Waals surface area contributed by atoms with Gasteiger partial charge in [0.1, 0.15) is 17.2 Å². The Morgan fingerprint density at radius 3 is 2.95 bits per heavy atom. The average molecular weight is 279 g/mol. The molecule has 6 nitrogen and oxygen atoms in total. The Balaban J connectivity index is 1.90. The van der Waals surface area contributed by atoms with Gasteiger partial charge in [-0.25, -0.2) is 9.78 Å². The van der Waals surface area contributed by atoms with Crippen LogP contribution >= 0.6 is 11.3 Å². The zero-order valence-corrected chi connectivity index (χ0v) is 11.1. The van der Waals surface area contributed by atoms with Crippen molar-refractivity contribution in [3.63, 3.8) is 0 Å². The number of carboxylic acid groups (broad SMARTS) is 1. The van der Waals surface area contributed by atoms with Gasteiger partial charge in [0, 0.05) is 17.3 Å². The van der Waals surface area contributed by atoms with Crippen molar-refractivity contribution in [1.29, 1.82) is 0 Å². The Morgan fingerprint density at radius 2 is 2.32 bits per heavy atom. The van der Waals surface area contributed by atoms with Crippen LogP contribution in [0.1, 0.15) is 21.2 Å². The maximum atomic E-state index is 11.7. The van der Waals surface area contributed by atoms with Gasteiger partial charge in [0.25, 0.3) is 0 Å². The lowest BCUT2D eigenvalue weighted by Crippen LogP contribution is -2.28. The lowest BCUT2D eigenvalue weighted by atomic mass is 10.4. The number of rotatable bonds is 5. The highest BCUT2D eigenvalue weighted by Gasteiger charge is 2.11. The van der Waals surface area contributed by atoms with E-state index in [4.69, 9.17) is 5.11 Å². The normalized spacial score (nSPS) is 10.4. The minimum absolute atomic E-state index is 0.0149. The number of carbonyl (C=O) groups is 2. The van der Waals surface area contributed by atoms with Gasteiger partial charge in [-0.15, -0.1) is 11.3 Å². The lowest BCUT2D eigenvalue weighted by Gasteiger charge is -2.06. The van der Waals surface area contributed by atoms with Gasteiger partial charge in [-0.3, -0.25) is 4.79 Å². The zero-order chi connectivity index (χ0) is 13.8. The molecule has 2 N–H and O–H groups in total. The summed E-state index contributed by atoms with van der Waals surface area (Å²) in [7, 11) is 0. The lowest BCUT2D eigenvalue weighted by molar-refractivity contribution is -0.121. The average Bonchev–Trinajstić information content (AvgIpc) is 2.95. The second-order valence-electron chi connectivity index (χ2n) is 3.99. The van der Waals surface area contributed by atoms with E-state index in [0.717, 1.165) is 10.7 Å². The van der Waals surface area contributed by atoms with Crippen LogP contribution in [0.25, 0.3) is 0 Å². The van der Waals surface area contributed by atoms with Crippen molar-refractivity contribution < 1.29 is 14.7 Å². The van der Waals surface area contributed by atoms with E-state index in [0.29, 0.717) is 6.54 Å². The number of carboxylic acids is 1. The first-order valence-corrected chi connectivity index (χ1v) is 6.50. The van der Waals surface area contributed by atoms with E-state index in [2.05, 4.69) is 10.3 Å². The smallest absolute Gasteiger partial charge is 0.352 e. The number of hydrogen-bond donors (Lipinski definition) is 2.